The molecule has 2 aromatic carbocycles. The number of hydrogen-bond acceptors (Lipinski definition) is 7. The number of rotatable bonds is 5. The van der Waals surface area contributed by atoms with Crippen molar-refractivity contribution in [1.29, 1.82) is 0 Å². The SMILES string of the molecule is CN=C(NC(=NC)C1CCCN(Cc2c(O)cccc2F)CC1)c1ccc2c(c1)C(c1ccncc1)NN2. The Hall–Kier alpha value is -3.82. The van der Waals surface area contributed by atoms with Crippen LogP contribution in [0.4, 0.5) is 10.1 Å². The second-order valence-electron chi connectivity index (χ2n) is 9.73. The number of fused-ring (bicyclic) bond motifs is 1. The van der Waals surface area contributed by atoms with E-state index in [0.29, 0.717) is 12.1 Å². The molecule has 9 heteroatoms. The van der Waals surface area contributed by atoms with Gasteiger partial charge in [-0.2, -0.15) is 0 Å². The maximum absolute atomic E-state index is 14.3. The van der Waals surface area contributed by atoms with Crippen molar-refractivity contribution in [3.63, 3.8) is 0 Å². The maximum atomic E-state index is 14.3. The standard InChI is InChI=1S/C29H34FN7O/c1-31-28(20-5-4-15-37(16-12-20)18-23-24(30)6-3-7-26(23)38)34-29(32-2)21-8-9-25-22(17-21)27(36-35-25)19-10-13-33-14-11-19/h3,6-11,13-14,17,20,27,35-36,38H,4-5,12,15-16,18H2,1-2H3,(H,31,32,34). The first kappa shape index (κ1) is 25.8. The number of amidine groups is 2. The summed E-state index contributed by atoms with van der Waals surface area (Å²) < 4.78 is 14.3. The van der Waals surface area contributed by atoms with Gasteiger partial charge >= 0.3 is 0 Å². The number of anilines is 1. The molecule has 4 N–H and O–H groups in total. The predicted molar refractivity (Wildman–Crippen MR) is 149 cm³/mol. The van der Waals surface area contributed by atoms with Crippen LogP contribution in [0.1, 0.15) is 47.6 Å². The highest BCUT2D eigenvalue weighted by atomic mass is 19.1. The minimum Gasteiger partial charge on any atom is -0.508 e. The zero-order valence-electron chi connectivity index (χ0n) is 21.8. The Balaban J connectivity index is 1.27. The van der Waals surface area contributed by atoms with Crippen molar-refractivity contribution in [1.82, 2.24) is 20.6 Å². The Bertz CT molecular complexity index is 1310. The van der Waals surface area contributed by atoms with E-state index in [-0.39, 0.29) is 23.5 Å². The zero-order chi connectivity index (χ0) is 26.5. The van der Waals surface area contributed by atoms with Gasteiger partial charge in [-0.1, -0.05) is 6.07 Å². The monoisotopic (exact) mass is 515 g/mol. The van der Waals surface area contributed by atoms with E-state index in [4.69, 9.17) is 0 Å². The molecule has 198 valence electrons. The van der Waals surface area contributed by atoms with Gasteiger partial charge in [-0.05, 0) is 80.4 Å². The van der Waals surface area contributed by atoms with Gasteiger partial charge in [0.2, 0.25) is 0 Å². The van der Waals surface area contributed by atoms with Crippen molar-refractivity contribution in [3.05, 3.63) is 89.0 Å². The number of benzene rings is 2. The van der Waals surface area contributed by atoms with Crippen LogP contribution in [0.25, 0.3) is 0 Å². The number of nitrogens with one attached hydrogen (secondary N) is 3. The molecule has 2 atom stereocenters. The highest BCUT2D eigenvalue weighted by Gasteiger charge is 2.26. The second kappa shape index (κ2) is 11.7. The number of phenols is 1. The molecule has 3 heterocycles. The van der Waals surface area contributed by atoms with Crippen molar-refractivity contribution in [2.75, 3.05) is 32.6 Å². The second-order valence-corrected chi connectivity index (χ2v) is 9.73. The molecule has 0 saturated carbocycles. The smallest absolute Gasteiger partial charge is 0.133 e. The molecule has 2 aliphatic heterocycles. The zero-order valence-corrected chi connectivity index (χ0v) is 21.8. The van der Waals surface area contributed by atoms with Crippen molar-refractivity contribution < 1.29 is 9.50 Å². The van der Waals surface area contributed by atoms with Crippen LogP contribution in [0.2, 0.25) is 0 Å². The Kier molecular flexibility index (Phi) is 7.95. The Labute approximate surface area is 222 Å². The summed E-state index contributed by atoms with van der Waals surface area (Å²) in [5, 5.41) is 13.7. The van der Waals surface area contributed by atoms with Gasteiger partial charge in [-0.3, -0.25) is 19.9 Å². The lowest BCUT2D eigenvalue weighted by molar-refractivity contribution is 0.266. The number of phenolic OH excluding ortho intramolecular Hbond substituents is 1. The number of aromatic nitrogens is 1. The summed E-state index contributed by atoms with van der Waals surface area (Å²) in [4.78, 5) is 15.5. The largest absolute Gasteiger partial charge is 0.508 e. The molecule has 38 heavy (non-hydrogen) atoms. The molecule has 1 saturated heterocycles. The summed E-state index contributed by atoms with van der Waals surface area (Å²) in [6.45, 7) is 2.04. The maximum Gasteiger partial charge on any atom is 0.133 e. The highest BCUT2D eigenvalue weighted by Crippen LogP contribution is 2.33. The fourth-order valence-electron chi connectivity index (χ4n) is 5.34. The number of nitrogens with zero attached hydrogens (tertiary/aromatic N) is 4. The van der Waals surface area contributed by atoms with Crippen LogP contribution in [0, 0.1) is 11.7 Å². The molecule has 2 unspecified atom stereocenters. The molecular formula is C29H34FN7O. The molecule has 0 amide bonds. The number of hydrazine groups is 1. The van der Waals surface area contributed by atoms with E-state index >= 15 is 0 Å². The third-order valence-corrected chi connectivity index (χ3v) is 7.42. The van der Waals surface area contributed by atoms with E-state index in [1.54, 1.807) is 25.5 Å². The van der Waals surface area contributed by atoms with E-state index < -0.39 is 0 Å². The van der Waals surface area contributed by atoms with E-state index in [2.05, 4.69) is 54.2 Å². The lowest BCUT2D eigenvalue weighted by Crippen LogP contribution is -2.37. The van der Waals surface area contributed by atoms with Gasteiger partial charge in [0, 0.05) is 55.6 Å². The first-order valence-electron chi connectivity index (χ1n) is 13.0. The molecule has 0 radical (unpaired) electrons. The van der Waals surface area contributed by atoms with E-state index in [0.717, 1.165) is 66.4 Å². The lowest BCUT2D eigenvalue weighted by atomic mass is 9.97. The quantitative estimate of drug-likeness (QED) is 0.300. The van der Waals surface area contributed by atoms with Gasteiger partial charge in [-0.25, -0.2) is 9.82 Å². The molecule has 0 bridgehead atoms. The first-order valence-corrected chi connectivity index (χ1v) is 13.0. The van der Waals surface area contributed by atoms with Crippen molar-refractivity contribution in [2.45, 2.75) is 31.8 Å². The van der Waals surface area contributed by atoms with Crippen LogP contribution < -0.4 is 16.2 Å². The number of aromatic hydroxyl groups is 1. The lowest BCUT2D eigenvalue weighted by Gasteiger charge is -2.22. The highest BCUT2D eigenvalue weighted by molar-refractivity contribution is 6.10. The Morgan fingerprint density at radius 2 is 1.95 bits per heavy atom. The third-order valence-electron chi connectivity index (χ3n) is 7.42. The Morgan fingerprint density at radius 1 is 1.11 bits per heavy atom. The third kappa shape index (κ3) is 5.54. The van der Waals surface area contributed by atoms with Gasteiger partial charge < -0.3 is 15.8 Å². The molecule has 1 aromatic heterocycles. The van der Waals surface area contributed by atoms with Gasteiger partial charge in [0.05, 0.1) is 11.7 Å². The molecule has 2 aliphatic rings. The van der Waals surface area contributed by atoms with Crippen molar-refractivity contribution in [2.24, 2.45) is 15.9 Å². The van der Waals surface area contributed by atoms with Crippen LogP contribution >= 0.6 is 0 Å². The van der Waals surface area contributed by atoms with Crippen molar-refractivity contribution >= 4 is 17.4 Å². The van der Waals surface area contributed by atoms with Gasteiger partial charge in [-0.15, -0.1) is 0 Å². The van der Waals surface area contributed by atoms with Gasteiger partial charge in [0.1, 0.15) is 23.2 Å². The number of aliphatic imine (C=N–C) groups is 2. The summed E-state index contributed by atoms with van der Waals surface area (Å²) in [5.74, 6) is 1.56. The fourth-order valence-corrected chi connectivity index (χ4v) is 5.34. The van der Waals surface area contributed by atoms with Crippen LogP contribution in [-0.2, 0) is 6.54 Å². The fraction of sp³-hybridized carbons (Fsp3) is 0.345. The molecule has 8 nitrogen and oxygen atoms in total. The topological polar surface area (TPSA) is 97.2 Å². The van der Waals surface area contributed by atoms with E-state index in [1.165, 1.54) is 12.1 Å². The van der Waals surface area contributed by atoms with Crippen molar-refractivity contribution in [3.8, 4) is 5.75 Å². The van der Waals surface area contributed by atoms with E-state index in [1.807, 2.05) is 19.2 Å². The average molecular weight is 516 g/mol. The number of hydrogen-bond donors (Lipinski definition) is 4. The minimum absolute atomic E-state index is 0.0120. The summed E-state index contributed by atoms with van der Waals surface area (Å²) in [6.07, 6.45) is 6.42. The Morgan fingerprint density at radius 3 is 2.71 bits per heavy atom. The summed E-state index contributed by atoms with van der Waals surface area (Å²) in [6, 6.07) is 14.8. The number of likely N-dealkylation sites (tertiary alicyclic amines) is 1. The van der Waals surface area contributed by atoms with Crippen LogP contribution in [0.5, 0.6) is 5.75 Å². The molecule has 5 rings (SSSR count). The van der Waals surface area contributed by atoms with Gasteiger partial charge in [0.15, 0.2) is 0 Å². The number of pyridine rings is 1. The summed E-state index contributed by atoms with van der Waals surface area (Å²) in [5.41, 5.74) is 11.3. The van der Waals surface area contributed by atoms with E-state index in [9.17, 15) is 9.50 Å². The summed E-state index contributed by atoms with van der Waals surface area (Å²) >= 11 is 0. The first-order chi connectivity index (χ1) is 18.6. The molecule has 1 fully saturated rings. The van der Waals surface area contributed by atoms with Crippen LogP contribution in [-0.4, -0.2) is 53.8 Å². The average Bonchev–Trinajstić information content (AvgIpc) is 3.23. The predicted octanol–water partition coefficient (Wildman–Crippen LogP) is 4.24. The molecule has 0 aliphatic carbocycles. The van der Waals surface area contributed by atoms with Crippen LogP contribution in [0.15, 0.2) is 70.9 Å². The van der Waals surface area contributed by atoms with Crippen LogP contribution in [0.3, 0.4) is 0 Å². The normalized spacial score (nSPS) is 20.5. The van der Waals surface area contributed by atoms with Gasteiger partial charge in [0.25, 0.3) is 0 Å². The summed E-state index contributed by atoms with van der Waals surface area (Å²) in [7, 11) is 3.60. The molecular weight excluding hydrogens is 481 g/mol. The molecule has 0 spiro atoms. The minimum atomic E-state index is -0.363. The molecule has 3 aromatic rings. The number of halogens is 1.